The minimum atomic E-state index is -1.76. The second-order valence-corrected chi connectivity index (χ2v) is 12.7. The number of carbonyl (C=O) groups is 2. The summed E-state index contributed by atoms with van der Waals surface area (Å²) in [5.41, 5.74) is 1.67. The van der Waals surface area contributed by atoms with Gasteiger partial charge in [-0.3, -0.25) is 14.7 Å². The van der Waals surface area contributed by atoms with Gasteiger partial charge >= 0.3 is 5.97 Å². The molecule has 0 saturated heterocycles. The van der Waals surface area contributed by atoms with Crippen molar-refractivity contribution >= 4 is 40.2 Å². The van der Waals surface area contributed by atoms with E-state index in [0.29, 0.717) is 45.2 Å². The number of aryl methyl sites for hydroxylation is 1. The second-order valence-electron chi connectivity index (χ2n) is 11.2. The van der Waals surface area contributed by atoms with Crippen LogP contribution < -0.4 is 19.0 Å². The van der Waals surface area contributed by atoms with Crippen LogP contribution in [0.1, 0.15) is 37.4 Å². The summed E-state index contributed by atoms with van der Waals surface area (Å²) in [5, 5.41) is 14.5. The van der Waals surface area contributed by atoms with E-state index in [2.05, 4.69) is 20.6 Å². The quantitative estimate of drug-likeness (QED) is 0.144. The lowest BCUT2D eigenvalue weighted by Crippen LogP contribution is -2.32. The molecule has 0 aliphatic carbocycles. The number of esters is 1. The maximum Gasteiger partial charge on any atom is 0.307 e. The van der Waals surface area contributed by atoms with E-state index in [4.69, 9.17) is 30.0 Å². The van der Waals surface area contributed by atoms with E-state index in [1.807, 2.05) is 51.1 Å². The molecule has 0 radical (unpaired) electrons. The number of hydrogen-bond acceptors (Lipinski definition) is 9. The van der Waals surface area contributed by atoms with Crippen molar-refractivity contribution in [2.75, 3.05) is 19.8 Å². The normalized spacial score (nSPS) is 12.0. The van der Waals surface area contributed by atoms with Crippen LogP contribution in [0, 0.1) is 6.92 Å². The van der Waals surface area contributed by atoms with Gasteiger partial charge in [0, 0.05) is 6.54 Å². The molecule has 0 saturated carbocycles. The van der Waals surface area contributed by atoms with Crippen molar-refractivity contribution in [1.29, 1.82) is 0 Å². The number of carbonyl (C=O) groups excluding carboxylic acids is 2. The van der Waals surface area contributed by atoms with Gasteiger partial charge in [0.05, 0.1) is 22.4 Å². The number of aromatic amines is 1. The molecule has 3 aromatic carbocycles. The van der Waals surface area contributed by atoms with Crippen molar-refractivity contribution in [2.45, 2.75) is 44.1 Å². The fourth-order valence-electron chi connectivity index (χ4n) is 4.37. The van der Waals surface area contributed by atoms with Crippen LogP contribution in [0.25, 0.3) is 5.65 Å². The predicted octanol–water partition coefficient (Wildman–Crippen LogP) is 5.11. The van der Waals surface area contributed by atoms with Gasteiger partial charge in [-0.2, -0.15) is 0 Å². The topological polar surface area (TPSA) is 146 Å². The van der Waals surface area contributed by atoms with E-state index in [1.165, 1.54) is 0 Å². The second kappa shape index (κ2) is 15.1. The monoisotopic (exact) mass is 679 g/mol. The van der Waals surface area contributed by atoms with Crippen molar-refractivity contribution in [3.63, 3.8) is 0 Å². The number of benzene rings is 3. The Balaban J connectivity index is 0.987. The van der Waals surface area contributed by atoms with E-state index in [0.717, 1.165) is 11.3 Å². The Kier molecular flexibility index (Phi) is 10.8. The molecule has 1 unspecified atom stereocenters. The van der Waals surface area contributed by atoms with Crippen LogP contribution in [0.3, 0.4) is 0 Å². The summed E-state index contributed by atoms with van der Waals surface area (Å²) in [4.78, 5) is 25.0. The summed E-state index contributed by atoms with van der Waals surface area (Å²) in [5.74, 6) is 1.19. The lowest BCUT2D eigenvalue weighted by atomic mass is 9.94. The molecule has 0 aliphatic rings. The Morgan fingerprint density at radius 2 is 1.60 bits per heavy atom. The van der Waals surface area contributed by atoms with Gasteiger partial charge in [-0.1, -0.05) is 41.9 Å². The first kappa shape index (κ1) is 33.5. The fraction of sp³-hybridized carbons (Fsp3) is 0.273. The lowest BCUT2D eigenvalue weighted by Gasteiger charge is -2.21. The Labute approximate surface area is 279 Å². The molecule has 1 amide bonds. The largest absolute Gasteiger partial charge is 0.489 e. The van der Waals surface area contributed by atoms with Crippen molar-refractivity contribution in [2.24, 2.45) is 0 Å². The van der Waals surface area contributed by atoms with Crippen LogP contribution in [-0.2, 0) is 37.4 Å². The number of halogens is 1. The first-order valence-corrected chi connectivity index (χ1v) is 16.2. The Hall–Kier alpha value is -4.88. The van der Waals surface area contributed by atoms with Crippen LogP contribution in [0.4, 0.5) is 0 Å². The molecule has 0 bridgehead atoms. The van der Waals surface area contributed by atoms with E-state index < -0.39 is 28.4 Å². The minimum Gasteiger partial charge on any atom is -0.489 e. The maximum absolute atomic E-state index is 12.7. The van der Waals surface area contributed by atoms with Gasteiger partial charge in [0.1, 0.15) is 35.5 Å². The highest BCUT2D eigenvalue weighted by Gasteiger charge is 2.30. The average Bonchev–Trinajstić information content (AvgIpc) is 3.62. The standard InChI is InChI=1S/C33H34ClN5O7S/c1-22-30(34)31-36-37-32(39(31)38-22)33(2,3)21-45-29(41)17-18-35-28(40)20-44-25-13-15-27(16-14-25)47(42)46-26-11-9-24(10-12-26)43-19-23-7-5-4-6-8-23/h4-16,38H,17-21H2,1-3H3,(H,35,40). The number of amides is 1. The molecular formula is C33H34ClN5O7S. The first-order chi connectivity index (χ1) is 22.6. The van der Waals surface area contributed by atoms with E-state index >= 15 is 0 Å². The molecule has 2 aromatic heterocycles. The van der Waals surface area contributed by atoms with Gasteiger partial charge in [0.25, 0.3) is 5.91 Å². The number of nitrogens with zero attached hydrogens (tertiary/aromatic N) is 3. The third kappa shape index (κ3) is 8.89. The molecule has 0 spiro atoms. The molecular weight excluding hydrogens is 646 g/mol. The Morgan fingerprint density at radius 3 is 2.32 bits per heavy atom. The molecule has 246 valence electrons. The van der Waals surface area contributed by atoms with Gasteiger partial charge < -0.3 is 23.7 Å². The Bertz CT molecular complexity index is 1840. The van der Waals surface area contributed by atoms with Crippen LogP contribution in [0.2, 0.25) is 5.02 Å². The fourth-order valence-corrected chi connectivity index (χ4v) is 5.28. The highest BCUT2D eigenvalue weighted by molar-refractivity contribution is 7.80. The SMILES string of the molecule is Cc1[nH]n2c(C(C)(C)COC(=O)CCNC(=O)COc3ccc(S(=O)Oc4ccc(OCc5ccccc5)cc4)cc3)nnc2c1Cl. The minimum absolute atomic E-state index is 0.0194. The summed E-state index contributed by atoms with van der Waals surface area (Å²) in [6.07, 6.45) is -0.0194. The van der Waals surface area contributed by atoms with E-state index in [1.54, 1.807) is 53.0 Å². The van der Waals surface area contributed by atoms with Crippen LogP contribution in [0.15, 0.2) is 83.8 Å². The lowest BCUT2D eigenvalue weighted by molar-refractivity contribution is -0.145. The highest BCUT2D eigenvalue weighted by Crippen LogP contribution is 2.27. The van der Waals surface area contributed by atoms with Crippen molar-refractivity contribution in [3.8, 4) is 17.2 Å². The maximum atomic E-state index is 12.7. The zero-order valence-electron chi connectivity index (χ0n) is 26.0. The molecule has 12 nitrogen and oxygen atoms in total. The van der Waals surface area contributed by atoms with Crippen molar-refractivity contribution in [3.05, 3.63) is 101 Å². The number of hydrogen-bond donors (Lipinski definition) is 2. The smallest absolute Gasteiger partial charge is 0.307 e. The van der Waals surface area contributed by atoms with Gasteiger partial charge in [-0.25, -0.2) is 8.72 Å². The van der Waals surface area contributed by atoms with Crippen LogP contribution in [-0.4, -0.2) is 55.7 Å². The first-order valence-electron chi connectivity index (χ1n) is 14.7. The molecule has 5 aromatic rings. The zero-order chi connectivity index (χ0) is 33.4. The molecule has 47 heavy (non-hydrogen) atoms. The number of aromatic nitrogens is 4. The third-order valence-electron chi connectivity index (χ3n) is 6.95. The number of ether oxygens (including phenoxy) is 3. The van der Waals surface area contributed by atoms with E-state index in [9.17, 15) is 13.8 Å². The molecule has 2 N–H and O–H groups in total. The van der Waals surface area contributed by atoms with Gasteiger partial charge in [0.15, 0.2) is 18.1 Å². The van der Waals surface area contributed by atoms with Crippen molar-refractivity contribution in [1.82, 2.24) is 25.1 Å². The molecule has 2 heterocycles. The predicted molar refractivity (Wildman–Crippen MR) is 175 cm³/mol. The number of nitrogens with one attached hydrogen (secondary N) is 2. The summed E-state index contributed by atoms with van der Waals surface area (Å²) >= 11 is 4.47. The number of rotatable bonds is 15. The number of fused-ring (bicyclic) bond motifs is 1. The summed E-state index contributed by atoms with van der Waals surface area (Å²) < 4.78 is 36.6. The molecule has 0 aliphatic heterocycles. The van der Waals surface area contributed by atoms with Gasteiger partial charge in [-0.15, -0.1) is 10.2 Å². The van der Waals surface area contributed by atoms with Gasteiger partial charge in [-0.05, 0) is 74.9 Å². The molecule has 5 rings (SSSR count). The van der Waals surface area contributed by atoms with Gasteiger partial charge in [0.2, 0.25) is 11.1 Å². The van der Waals surface area contributed by atoms with Crippen LogP contribution in [0.5, 0.6) is 17.2 Å². The summed E-state index contributed by atoms with van der Waals surface area (Å²) in [6.45, 7) is 5.89. The van der Waals surface area contributed by atoms with Crippen molar-refractivity contribution < 1.29 is 32.2 Å². The number of H-pyrrole nitrogens is 1. The molecule has 14 heteroatoms. The molecule has 0 fully saturated rings. The molecule has 1 atom stereocenters. The third-order valence-corrected chi connectivity index (χ3v) is 8.40. The summed E-state index contributed by atoms with van der Waals surface area (Å²) in [7, 11) is 0. The van der Waals surface area contributed by atoms with E-state index in [-0.39, 0.29) is 26.2 Å². The Morgan fingerprint density at radius 1 is 0.936 bits per heavy atom. The average molecular weight is 680 g/mol. The van der Waals surface area contributed by atoms with Crippen LogP contribution >= 0.6 is 11.6 Å². The zero-order valence-corrected chi connectivity index (χ0v) is 27.6. The summed E-state index contributed by atoms with van der Waals surface area (Å²) in [6, 6.07) is 23.1. The highest BCUT2D eigenvalue weighted by atomic mass is 35.5.